The van der Waals surface area contributed by atoms with Crippen molar-refractivity contribution < 1.29 is 4.39 Å². The number of hydrogen-bond donors (Lipinski definition) is 1. The van der Waals surface area contributed by atoms with Gasteiger partial charge in [0, 0.05) is 11.6 Å². The minimum Gasteiger partial charge on any atom is -0.310 e. The average molecular weight is 295 g/mol. The van der Waals surface area contributed by atoms with Gasteiger partial charge in [0.1, 0.15) is 5.82 Å². The fourth-order valence-electron chi connectivity index (χ4n) is 2.49. The lowest BCUT2D eigenvalue weighted by molar-refractivity contribution is 0.283. The van der Waals surface area contributed by atoms with Crippen LogP contribution in [0.15, 0.2) is 24.3 Å². The normalized spacial score (nSPS) is 13.1. The molecule has 1 aromatic rings. The molecule has 0 saturated heterocycles. The van der Waals surface area contributed by atoms with Crippen LogP contribution < -0.4 is 5.32 Å². The summed E-state index contributed by atoms with van der Waals surface area (Å²) in [5.41, 5.74) is 0.779. The van der Waals surface area contributed by atoms with Crippen LogP contribution in [0, 0.1) is 5.82 Å². The zero-order valence-electron chi connectivity index (χ0n) is 13.9. The molecule has 1 aromatic carbocycles. The third-order valence-electron chi connectivity index (χ3n) is 3.68. The molecule has 0 bridgehead atoms. The van der Waals surface area contributed by atoms with Crippen molar-refractivity contribution in [3.8, 4) is 0 Å². The minimum absolute atomic E-state index is 0.0903. The second-order valence-electron chi connectivity index (χ2n) is 5.88. The summed E-state index contributed by atoms with van der Waals surface area (Å²) >= 11 is 0. The number of nitrogens with one attached hydrogen (secondary N) is 1. The van der Waals surface area contributed by atoms with Crippen LogP contribution in [0.25, 0.3) is 0 Å². The minimum atomic E-state index is -0.112. The highest BCUT2D eigenvalue weighted by Crippen LogP contribution is 2.20. The number of benzene rings is 1. The molecule has 1 N–H and O–H groups in total. The first-order valence-electron chi connectivity index (χ1n) is 7.85. The Morgan fingerprint density at radius 1 is 1.10 bits per heavy atom. The molecule has 0 aliphatic carbocycles. The summed E-state index contributed by atoms with van der Waals surface area (Å²) in [5.74, 6) is -0.112. The lowest BCUT2D eigenvalue weighted by Gasteiger charge is -2.23. The first kappa shape index (κ1) is 18.1. The van der Waals surface area contributed by atoms with E-state index in [4.69, 9.17) is 0 Å². The summed E-state index contributed by atoms with van der Waals surface area (Å²) in [6, 6.07) is 7.17. The summed E-state index contributed by atoms with van der Waals surface area (Å²) in [6.45, 7) is 6.07. The van der Waals surface area contributed by atoms with Crippen molar-refractivity contribution in [2.45, 2.75) is 25.8 Å². The smallest absolute Gasteiger partial charge is 0.127 e. The second-order valence-corrected chi connectivity index (χ2v) is 5.88. The number of rotatable bonds is 10. The zero-order valence-corrected chi connectivity index (χ0v) is 13.9. The van der Waals surface area contributed by atoms with Crippen LogP contribution in [-0.2, 0) is 0 Å². The average Bonchev–Trinajstić information content (AvgIpc) is 2.44. The van der Waals surface area contributed by atoms with Gasteiger partial charge in [0.2, 0.25) is 0 Å². The van der Waals surface area contributed by atoms with E-state index in [9.17, 15) is 4.39 Å². The molecule has 3 nitrogen and oxygen atoms in total. The van der Waals surface area contributed by atoms with E-state index < -0.39 is 0 Å². The summed E-state index contributed by atoms with van der Waals surface area (Å²) in [6.07, 6.45) is 2.09. The highest BCUT2D eigenvalue weighted by atomic mass is 19.1. The Hall–Kier alpha value is -0.970. The molecule has 0 amide bonds. The second kappa shape index (κ2) is 9.87. The largest absolute Gasteiger partial charge is 0.310 e. The Bertz CT molecular complexity index is 395. The molecule has 1 rings (SSSR count). The maximum Gasteiger partial charge on any atom is 0.127 e. The molecule has 0 spiro atoms. The Morgan fingerprint density at radius 3 is 2.43 bits per heavy atom. The predicted octanol–water partition coefficient (Wildman–Crippen LogP) is 2.75. The van der Waals surface area contributed by atoms with Gasteiger partial charge in [-0.2, -0.15) is 0 Å². The first-order valence-corrected chi connectivity index (χ1v) is 7.85. The van der Waals surface area contributed by atoms with E-state index in [1.54, 1.807) is 12.1 Å². The molecule has 120 valence electrons. The van der Waals surface area contributed by atoms with Gasteiger partial charge in [-0.3, -0.25) is 0 Å². The van der Waals surface area contributed by atoms with Crippen molar-refractivity contribution in [3.63, 3.8) is 0 Å². The van der Waals surface area contributed by atoms with Crippen LogP contribution in [-0.4, -0.2) is 57.1 Å². The molecular weight excluding hydrogens is 265 g/mol. The molecule has 1 unspecified atom stereocenters. The van der Waals surface area contributed by atoms with Crippen LogP contribution in [0.5, 0.6) is 0 Å². The summed E-state index contributed by atoms with van der Waals surface area (Å²) < 4.78 is 13.9. The fraction of sp³-hybridized carbons (Fsp3) is 0.647. The van der Waals surface area contributed by atoms with Crippen LogP contribution >= 0.6 is 0 Å². The Labute approximate surface area is 129 Å². The van der Waals surface area contributed by atoms with Crippen LogP contribution in [0.4, 0.5) is 4.39 Å². The maximum atomic E-state index is 13.9. The van der Waals surface area contributed by atoms with Gasteiger partial charge in [0.05, 0.1) is 0 Å². The van der Waals surface area contributed by atoms with Gasteiger partial charge in [-0.05, 0) is 66.2 Å². The molecule has 0 heterocycles. The van der Waals surface area contributed by atoms with Crippen LogP contribution in [0.1, 0.15) is 31.4 Å². The zero-order chi connectivity index (χ0) is 15.7. The Balaban J connectivity index is 2.46. The SMILES string of the molecule is CCNC(CCN(C)CCCN(C)C)c1ccccc1F. The first-order chi connectivity index (χ1) is 10.0. The van der Waals surface area contributed by atoms with Crippen molar-refractivity contribution in [3.05, 3.63) is 35.6 Å². The van der Waals surface area contributed by atoms with Crippen molar-refractivity contribution in [1.29, 1.82) is 0 Å². The van der Waals surface area contributed by atoms with Gasteiger partial charge in [0.25, 0.3) is 0 Å². The number of nitrogens with zero attached hydrogens (tertiary/aromatic N) is 2. The van der Waals surface area contributed by atoms with Crippen molar-refractivity contribution >= 4 is 0 Å². The topological polar surface area (TPSA) is 18.5 Å². The third-order valence-corrected chi connectivity index (χ3v) is 3.68. The van der Waals surface area contributed by atoms with Crippen molar-refractivity contribution in [2.24, 2.45) is 0 Å². The predicted molar refractivity (Wildman–Crippen MR) is 88.1 cm³/mol. The quantitative estimate of drug-likeness (QED) is 0.716. The molecule has 0 fully saturated rings. The molecule has 21 heavy (non-hydrogen) atoms. The molecule has 0 aliphatic rings. The van der Waals surface area contributed by atoms with E-state index in [2.05, 4.69) is 43.2 Å². The van der Waals surface area contributed by atoms with Gasteiger partial charge < -0.3 is 15.1 Å². The number of halogens is 1. The standard InChI is InChI=1S/C17H30FN3/c1-5-19-17(15-9-6-7-10-16(15)18)11-14-21(4)13-8-12-20(2)3/h6-7,9-10,17,19H,5,8,11-14H2,1-4H3. The third kappa shape index (κ3) is 7.02. The van der Waals surface area contributed by atoms with Crippen molar-refractivity contribution in [1.82, 2.24) is 15.1 Å². The van der Waals surface area contributed by atoms with E-state index in [1.807, 2.05) is 12.1 Å². The van der Waals surface area contributed by atoms with Gasteiger partial charge in [-0.1, -0.05) is 25.1 Å². The van der Waals surface area contributed by atoms with E-state index in [-0.39, 0.29) is 11.9 Å². The van der Waals surface area contributed by atoms with E-state index in [0.717, 1.165) is 44.6 Å². The van der Waals surface area contributed by atoms with Crippen LogP contribution in [0.3, 0.4) is 0 Å². The highest BCUT2D eigenvalue weighted by molar-refractivity contribution is 5.21. The van der Waals surface area contributed by atoms with E-state index in [0.29, 0.717) is 0 Å². The summed E-state index contributed by atoms with van der Waals surface area (Å²) in [4.78, 5) is 4.53. The molecule has 0 radical (unpaired) electrons. The lowest BCUT2D eigenvalue weighted by atomic mass is 10.0. The lowest BCUT2D eigenvalue weighted by Crippen LogP contribution is -2.29. The van der Waals surface area contributed by atoms with Gasteiger partial charge in [-0.15, -0.1) is 0 Å². The van der Waals surface area contributed by atoms with E-state index >= 15 is 0 Å². The van der Waals surface area contributed by atoms with Crippen molar-refractivity contribution in [2.75, 3.05) is 47.3 Å². The number of hydrogen-bond acceptors (Lipinski definition) is 3. The molecular formula is C17H30FN3. The molecule has 4 heteroatoms. The molecule has 0 aliphatic heterocycles. The highest BCUT2D eigenvalue weighted by Gasteiger charge is 2.14. The molecule has 0 aromatic heterocycles. The van der Waals surface area contributed by atoms with Gasteiger partial charge in [-0.25, -0.2) is 4.39 Å². The molecule has 0 saturated carbocycles. The summed E-state index contributed by atoms with van der Waals surface area (Å²) in [7, 11) is 6.33. The monoisotopic (exact) mass is 295 g/mol. The van der Waals surface area contributed by atoms with Crippen LogP contribution in [0.2, 0.25) is 0 Å². The van der Waals surface area contributed by atoms with Gasteiger partial charge in [0.15, 0.2) is 0 Å². The van der Waals surface area contributed by atoms with Gasteiger partial charge >= 0.3 is 0 Å². The summed E-state index contributed by atoms with van der Waals surface area (Å²) in [5, 5.41) is 3.39. The maximum absolute atomic E-state index is 13.9. The van der Waals surface area contributed by atoms with E-state index in [1.165, 1.54) is 0 Å². The Kier molecular flexibility index (Phi) is 8.50. The Morgan fingerprint density at radius 2 is 1.81 bits per heavy atom. The molecule has 1 atom stereocenters. The fourth-order valence-corrected chi connectivity index (χ4v) is 2.49.